The van der Waals surface area contributed by atoms with Crippen molar-refractivity contribution in [1.29, 1.82) is 0 Å². The van der Waals surface area contributed by atoms with E-state index in [1.165, 1.54) is 11.4 Å². The summed E-state index contributed by atoms with van der Waals surface area (Å²) in [7, 11) is -1.75. The van der Waals surface area contributed by atoms with Crippen molar-refractivity contribution in [2.24, 2.45) is 5.41 Å². The molecular formula is C9H21NO3S. The molecule has 5 heteroatoms. The lowest BCUT2D eigenvalue weighted by Crippen LogP contribution is -2.41. The molecule has 0 aliphatic carbocycles. The van der Waals surface area contributed by atoms with E-state index >= 15 is 0 Å². The fourth-order valence-corrected chi connectivity index (χ4v) is 2.95. The number of hydrogen-bond donors (Lipinski definition) is 1. The maximum atomic E-state index is 11.8. The molecule has 0 heterocycles. The third kappa shape index (κ3) is 4.39. The van der Waals surface area contributed by atoms with Gasteiger partial charge < -0.3 is 5.11 Å². The zero-order chi connectivity index (χ0) is 11.6. The lowest BCUT2D eigenvalue weighted by molar-refractivity contribution is 0.212. The Hall–Kier alpha value is -0.130. The lowest BCUT2D eigenvalue weighted by atomic mass is 10.0. The van der Waals surface area contributed by atoms with Gasteiger partial charge in [0.25, 0.3) is 0 Å². The molecule has 0 saturated heterocycles. The summed E-state index contributed by atoms with van der Waals surface area (Å²) in [5.41, 5.74) is -0.262. The van der Waals surface area contributed by atoms with E-state index in [1.807, 2.05) is 20.8 Å². The van der Waals surface area contributed by atoms with Crippen LogP contribution in [-0.2, 0) is 10.0 Å². The molecule has 4 nitrogen and oxygen atoms in total. The Bertz CT molecular complexity index is 266. The van der Waals surface area contributed by atoms with Gasteiger partial charge in [0.1, 0.15) is 0 Å². The van der Waals surface area contributed by atoms with Crippen molar-refractivity contribution < 1.29 is 13.5 Å². The first-order valence-corrected chi connectivity index (χ1v) is 6.27. The van der Waals surface area contributed by atoms with Crippen LogP contribution in [0.4, 0.5) is 0 Å². The Kier molecular flexibility index (Phi) is 4.55. The van der Waals surface area contributed by atoms with Gasteiger partial charge in [-0.3, -0.25) is 0 Å². The number of aliphatic hydroxyl groups is 1. The molecule has 14 heavy (non-hydrogen) atoms. The van der Waals surface area contributed by atoms with Gasteiger partial charge in [0.2, 0.25) is 10.0 Å². The molecule has 0 aromatic heterocycles. The van der Waals surface area contributed by atoms with E-state index in [0.717, 1.165) is 0 Å². The van der Waals surface area contributed by atoms with E-state index in [4.69, 9.17) is 5.11 Å². The normalized spacial score (nSPS) is 15.9. The SMILES string of the molecule is CC(CO)N(C)S(=O)(=O)CC(C)(C)C. The highest BCUT2D eigenvalue weighted by Crippen LogP contribution is 2.18. The molecule has 1 atom stereocenters. The molecule has 0 rings (SSSR count). The minimum absolute atomic E-state index is 0.0981. The first-order valence-electron chi connectivity index (χ1n) is 4.67. The van der Waals surface area contributed by atoms with Gasteiger partial charge in [-0.2, -0.15) is 4.31 Å². The van der Waals surface area contributed by atoms with Crippen molar-refractivity contribution in [2.75, 3.05) is 19.4 Å². The Morgan fingerprint density at radius 1 is 1.36 bits per heavy atom. The molecule has 86 valence electrons. The van der Waals surface area contributed by atoms with E-state index in [2.05, 4.69) is 0 Å². The van der Waals surface area contributed by atoms with Gasteiger partial charge in [-0.25, -0.2) is 8.42 Å². The van der Waals surface area contributed by atoms with Gasteiger partial charge in [0.15, 0.2) is 0 Å². The number of sulfonamides is 1. The molecule has 0 spiro atoms. The topological polar surface area (TPSA) is 57.6 Å². The number of rotatable bonds is 4. The highest BCUT2D eigenvalue weighted by Gasteiger charge is 2.28. The number of likely N-dealkylation sites (N-methyl/N-ethyl adjacent to an activating group) is 1. The second-order valence-corrected chi connectivity index (χ2v) is 6.89. The quantitative estimate of drug-likeness (QED) is 0.762. The fourth-order valence-electron chi connectivity index (χ4n) is 1.04. The van der Waals surface area contributed by atoms with Gasteiger partial charge in [0.05, 0.1) is 12.4 Å². The van der Waals surface area contributed by atoms with Crippen LogP contribution in [-0.4, -0.2) is 43.3 Å². The van der Waals surface area contributed by atoms with Crippen LogP contribution < -0.4 is 0 Å². The molecule has 0 aromatic rings. The summed E-state index contributed by atoms with van der Waals surface area (Å²) in [6.45, 7) is 7.16. The second-order valence-electron chi connectivity index (χ2n) is 4.86. The van der Waals surface area contributed by atoms with Crippen LogP contribution >= 0.6 is 0 Å². The Morgan fingerprint density at radius 3 is 2.07 bits per heavy atom. The van der Waals surface area contributed by atoms with Crippen LogP contribution in [0.5, 0.6) is 0 Å². The third-order valence-corrected chi connectivity index (χ3v) is 4.41. The van der Waals surface area contributed by atoms with Gasteiger partial charge in [-0.15, -0.1) is 0 Å². The summed E-state index contributed by atoms with van der Waals surface area (Å²) in [6, 6.07) is -0.359. The van der Waals surface area contributed by atoms with E-state index < -0.39 is 10.0 Å². The smallest absolute Gasteiger partial charge is 0.214 e. The van der Waals surface area contributed by atoms with Gasteiger partial charge >= 0.3 is 0 Å². The van der Waals surface area contributed by atoms with Crippen molar-refractivity contribution >= 4 is 10.0 Å². The molecule has 1 unspecified atom stereocenters. The zero-order valence-corrected chi connectivity index (χ0v) is 10.4. The Morgan fingerprint density at radius 2 is 1.79 bits per heavy atom. The second kappa shape index (κ2) is 4.59. The van der Waals surface area contributed by atoms with Crippen molar-refractivity contribution in [3.8, 4) is 0 Å². The van der Waals surface area contributed by atoms with Crippen LogP contribution in [0, 0.1) is 5.41 Å². The number of nitrogens with zero attached hydrogens (tertiary/aromatic N) is 1. The monoisotopic (exact) mass is 223 g/mol. The predicted molar refractivity (Wildman–Crippen MR) is 57.6 cm³/mol. The molecule has 0 aliphatic heterocycles. The summed E-state index contributed by atoms with van der Waals surface area (Å²) in [6.07, 6.45) is 0. The molecule has 0 saturated carbocycles. The summed E-state index contributed by atoms with van der Waals surface area (Å²) in [5, 5.41) is 8.86. The van der Waals surface area contributed by atoms with Crippen LogP contribution in [0.25, 0.3) is 0 Å². The average Bonchev–Trinajstić information content (AvgIpc) is 1.97. The standard InChI is InChI=1S/C9H21NO3S/c1-8(6-11)10(5)14(12,13)7-9(2,3)4/h8,11H,6-7H2,1-5H3. The van der Waals surface area contributed by atoms with Crippen molar-refractivity contribution in [3.63, 3.8) is 0 Å². The van der Waals surface area contributed by atoms with Crippen LogP contribution in [0.2, 0.25) is 0 Å². The van der Waals surface area contributed by atoms with E-state index in [1.54, 1.807) is 6.92 Å². The largest absolute Gasteiger partial charge is 0.395 e. The molecule has 1 N–H and O–H groups in total. The van der Waals surface area contributed by atoms with E-state index in [-0.39, 0.29) is 23.8 Å². The third-order valence-electron chi connectivity index (χ3n) is 1.94. The predicted octanol–water partition coefficient (Wildman–Crippen LogP) is 0.675. The molecule has 0 amide bonds. The summed E-state index contributed by atoms with van der Waals surface area (Å²) < 4.78 is 24.8. The van der Waals surface area contributed by atoms with Crippen molar-refractivity contribution in [3.05, 3.63) is 0 Å². The molecule has 0 bridgehead atoms. The summed E-state index contributed by atoms with van der Waals surface area (Å²) in [5.74, 6) is 0.0981. The van der Waals surface area contributed by atoms with Crippen LogP contribution in [0.3, 0.4) is 0 Å². The average molecular weight is 223 g/mol. The van der Waals surface area contributed by atoms with Crippen LogP contribution in [0.1, 0.15) is 27.7 Å². The minimum atomic E-state index is -3.26. The highest BCUT2D eigenvalue weighted by molar-refractivity contribution is 7.89. The Balaban J connectivity index is 4.64. The summed E-state index contributed by atoms with van der Waals surface area (Å²) in [4.78, 5) is 0. The van der Waals surface area contributed by atoms with Crippen molar-refractivity contribution in [2.45, 2.75) is 33.7 Å². The number of aliphatic hydroxyl groups excluding tert-OH is 1. The first kappa shape index (κ1) is 13.9. The maximum absolute atomic E-state index is 11.8. The highest BCUT2D eigenvalue weighted by atomic mass is 32.2. The first-order chi connectivity index (χ1) is 6.10. The van der Waals surface area contributed by atoms with Crippen molar-refractivity contribution in [1.82, 2.24) is 4.31 Å². The lowest BCUT2D eigenvalue weighted by Gasteiger charge is -2.27. The molecule has 0 aromatic carbocycles. The van der Waals surface area contributed by atoms with Gasteiger partial charge in [-0.1, -0.05) is 20.8 Å². The van der Waals surface area contributed by atoms with Crippen LogP contribution in [0.15, 0.2) is 0 Å². The number of hydrogen-bond acceptors (Lipinski definition) is 3. The molecular weight excluding hydrogens is 202 g/mol. The maximum Gasteiger partial charge on any atom is 0.214 e. The van der Waals surface area contributed by atoms with Gasteiger partial charge in [0, 0.05) is 13.1 Å². The fraction of sp³-hybridized carbons (Fsp3) is 1.00. The van der Waals surface area contributed by atoms with E-state index in [0.29, 0.717) is 0 Å². The molecule has 0 radical (unpaired) electrons. The minimum Gasteiger partial charge on any atom is -0.395 e. The Labute approximate surface area is 87.0 Å². The zero-order valence-electron chi connectivity index (χ0n) is 9.61. The summed E-state index contributed by atoms with van der Waals surface area (Å²) >= 11 is 0. The molecule has 0 aliphatic rings. The van der Waals surface area contributed by atoms with E-state index in [9.17, 15) is 8.42 Å². The van der Waals surface area contributed by atoms with Gasteiger partial charge in [-0.05, 0) is 12.3 Å². The molecule has 0 fully saturated rings.